The summed E-state index contributed by atoms with van der Waals surface area (Å²) < 4.78 is 5.35. The fourth-order valence-electron chi connectivity index (χ4n) is 2.66. The summed E-state index contributed by atoms with van der Waals surface area (Å²) in [5.74, 6) is -0.404. The van der Waals surface area contributed by atoms with Crippen LogP contribution in [-0.4, -0.2) is 16.7 Å². The average molecular weight is 387 g/mol. The quantitative estimate of drug-likeness (QED) is 0.148. The van der Waals surface area contributed by atoms with Crippen LogP contribution in [0.5, 0.6) is 5.75 Å². The molecule has 0 N–H and O–H groups in total. The molecular weight excluding hydrogens is 370 g/mol. The van der Waals surface area contributed by atoms with Gasteiger partial charge in [0.2, 0.25) is 0 Å². The van der Waals surface area contributed by atoms with Crippen LogP contribution in [0.3, 0.4) is 0 Å². The van der Waals surface area contributed by atoms with Gasteiger partial charge in [-0.05, 0) is 54.5 Å². The third kappa shape index (κ3) is 5.01. The van der Waals surface area contributed by atoms with Gasteiger partial charge in [-0.15, -0.1) is 0 Å². The maximum atomic E-state index is 12.3. The SMILES string of the molecule is Cc1ccccc1C(=O)Oc1ccc(C(=O)C=Cc2cccc([N+](=O)[O-])c2)cc1. The Labute approximate surface area is 167 Å². The number of nitro benzene ring substituents is 1. The van der Waals surface area contributed by atoms with Crippen LogP contribution in [0.15, 0.2) is 78.9 Å². The molecule has 0 amide bonds. The zero-order chi connectivity index (χ0) is 20.8. The second kappa shape index (κ2) is 8.75. The molecule has 3 aromatic carbocycles. The van der Waals surface area contributed by atoms with Crippen molar-refractivity contribution in [1.82, 2.24) is 0 Å². The lowest BCUT2D eigenvalue weighted by Crippen LogP contribution is -2.10. The summed E-state index contributed by atoms with van der Waals surface area (Å²) in [7, 11) is 0. The fraction of sp³-hybridized carbons (Fsp3) is 0.0435. The van der Waals surface area contributed by atoms with Gasteiger partial charge in [0.1, 0.15) is 5.75 Å². The predicted molar refractivity (Wildman–Crippen MR) is 109 cm³/mol. The van der Waals surface area contributed by atoms with Gasteiger partial charge in [-0.1, -0.05) is 36.4 Å². The number of carbonyl (C=O) groups is 2. The Kier molecular flexibility index (Phi) is 5.94. The lowest BCUT2D eigenvalue weighted by Gasteiger charge is -2.07. The molecule has 6 nitrogen and oxygen atoms in total. The lowest BCUT2D eigenvalue weighted by atomic mass is 10.1. The number of allylic oxidation sites excluding steroid dienone is 1. The van der Waals surface area contributed by atoms with Gasteiger partial charge in [0, 0.05) is 17.7 Å². The van der Waals surface area contributed by atoms with Crippen molar-refractivity contribution in [2.75, 3.05) is 0 Å². The van der Waals surface area contributed by atoms with E-state index in [2.05, 4.69) is 0 Å². The minimum atomic E-state index is -0.490. The van der Waals surface area contributed by atoms with Crippen LogP contribution < -0.4 is 4.74 Å². The van der Waals surface area contributed by atoms with E-state index in [0.717, 1.165) is 5.56 Å². The fourth-order valence-corrected chi connectivity index (χ4v) is 2.66. The van der Waals surface area contributed by atoms with Crippen molar-refractivity contribution < 1.29 is 19.2 Å². The van der Waals surface area contributed by atoms with E-state index in [1.807, 2.05) is 19.1 Å². The molecule has 3 rings (SSSR count). The van der Waals surface area contributed by atoms with E-state index in [1.54, 1.807) is 48.5 Å². The standard InChI is InChI=1S/C23H17NO5/c1-16-5-2-3-8-21(16)23(26)29-20-12-10-18(11-13-20)22(25)14-9-17-6-4-7-19(15-17)24(27)28/h2-15H,1H3. The summed E-state index contributed by atoms with van der Waals surface area (Å²) in [6.45, 7) is 1.83. The van der Waals surface area contributed by atoms with Crippen molar-refractivity contribution >= 4 is 23.5 Å². The molecule has 0 aliphatic carbocycles. The number of non-ortho nitro benzene ring substituents is 1. The largest absolute Gasteiger partial charge is 0.423 e. The second-order valence-electron chi connectivity index (χ2n) is 6.28. The number of hydrogen-bond acceptors (Lipinski definition) is 5. The number of esters is 1. The molecule has 0 spiro atoms. The van der Waals surface area contributed by atoms with Crippen LogP contribution >= 0.6 is 0 Å². The number of aryl methyl sites for hydroxylation is 1. The third-order valence-electron chi connectivity index (χ3n) is 4.22. The summed E-state index contributed by atoms with van der Waals surface area (Å²) in [6, 6.07) is 19.3. The molecule has 6 heteroatoms. The van der Waals surface area contributed by atoms with Crippen molar-refractivity contribution in [2.24, 2.45) is 0 Å². The van der Waals surface area contributed by atoms with Gasteiger partial charge in [-0.2, -0.15) is 0 Å². The molecule has 0 saturated heterocycles. The van der Waals surface area contributed by atoms with E-state index in [-0.39, 0.29) is 11.5 Å². The molecule has 3 aromatic rings. The van der Waals surface area contributed by atoms with E-state index < -0.39 is 10.9 Å². The Bertz CT molecular complexity index is 1100. The van der Waals surface area contributed by atoms with E-state index in [1.165, 1.54) is 24.3 Å². The number of ketones is 1. The van der Waals surface area contributed by atoms with E-state index in [4.69, 9.17) is 4.74 Å². The highest BCUT2D eigenvalue weighted by Gasteiger charge is 2.11. The van der Waals surface area contributed by atoms with Crippen molar-refractivity contribution in [1.29, 1.82) is 0 Å². The number of benzene rings is 3. The van der Waals surface area contributed by atoms with Gasteiger partial charge in [-0.25, -0.2) is 4.79 Å². The Morgan fingerprint density at radius 2 is 1.69 bits per heavy atom. The van der Waals surface area contributed by atoms with Gasteiger partial charge < -0.3 is 4.74 Å². The number of ether oxygens (including phenoxy) is 1. The lowest BCUT2D eigenvalue weighted by molar-refractivity contribution is -0.384. The third-order valence-corrected chi connectivity index (χ3v) is 4.22. The smallest absolute Gasteiger partial charge is 0.343 e. The molecule has 0 heterocycles. The first-order valence-corrected chi connectivity index (χ1v) is 8.79. The average Bonchev–Trinajstić information content (AvgIpc) is 2.73. The maximum Gasteiger partial charge on any atom is 0.343 e. The highest BCUT2D eigenvalue weighted by molar-refractivity contribution is 6.07. The predicted octanol–water partition coefficient (Wildman–Crippen LogP) is 5.02. The van der Waals surface area contributed by atoms with Crippen LogP contribution in [0.2, 0.25) is 0 Å². The molecule has 0 fully saturated rings. The molecule has 0 aliphatic heterocycles. The molecule has 0 saturated carbocycles. The second-order valence-corrected chi connectivity index (χ2v) is 6.28. The first kappa shape index (κ1) is 19.7. The number of nitro groups is 1. The van der Waals surface area contributed by atoms with Gasteiger partial charge in [0.15, 0.2) is 5.78 Å². The van der Waals surface area contributed by atoms with Crippen molar-refractivity contribution in [2.45, 2.75) is 6.92 Å². The van der Waals surface area contributed by atoms with Gasteiger partial charge in [0.25, 0.3) is 5.69 Å². The van der Waals surface area contributed by atoms with Crippen LogP contribution in [0.4, 0.5) is 5.69 Å². The van der Waals surface area contributed by atoms with Crippen molar-refractivity contribution in [3.05, 3.63) is 111 Å². The van der Waals surface area contributed by atoms with E-state index in [0.29, 0.717) is 22.4 Å². The summed E-state index contributed by atoms with van der Waals surface area (Å²) in [5, 5.41) is 10.8. The summed E-state index contributed by atoms with van der Waals surface area (Å²) in [4.78, 5) is 34.9. The van der Waals surface area contributed by atoms with E-state index in [9.17, 15) is 19.7 Å². The molecule has 29 heavy (non-hydrogen) atoms. The van der Waals surface area contributed by atoms with Crippen LogP contribution in [0.25, 0.3) is 6.08 Å². The molecule has 0 radical (unpaired) electrons. The Morgan fingerprint density at radius 1 is 0.966 bits per heavy atom. The maximum absolute atomic E-state index is 12.3. The van der Waals surface area contributed by atoms with Crippen molar-refractivity contribution in [3.63, 3.8) is 0 Å². The number of nitrogens with zero attached hydrogens (tertiary/aromatic N) is 1. The molecule has 0 bridgehead atoms. The normalized spacial score (nSPS) is 10.7. The Morgan fingerprint density at radius 3 is 2.38 bits per heavy atom. The minimum absolute atomic E-state index is 0.0422. The number of carbonyl (C=O) groups excluding carboxylic acids is 2. The first-order valence-electron chi connectivity index (χ1n) is 8.79. The van der Waals surface area contributed by atoms with Crippen LogP contribution in [0, 0.1) is 17.0 Å². The van der Waals surface area contributed by atoms with E-state index >= 15 is 0 Å². The van der Waals surface area contributed by atoms with Crippen LogP contribution in [0.1, 0.15) is 31.8 Å². The Balaban J connectivity index is 1.67. The molecule has 0 aromatic heterocycles. The molecular formula is C23H17NO5. The first-order chi connectivity index (χ1) is 13.9. The highest BCUT2D eigenvalue weighted by Crippen LogP contribution is 2.18. The zero-order valence-electron chi connectivity index (χ0n) is 15.6. The van der Waals surface area contributed by atoms with Gasteiger partial charge in [-0.3, -0.25) is 14.9 Å². The molecule has 0 aliphatic rings. The topological polar surface area (TPSA) is 86.5 Å². The van der Waals surface area contributed by atoms with Gasteiger partial charge >= 0.3 is 5.97 Å². The molecule has 144 valence electrons. The number of hydrogen-bond donors (Lipinski definition) is 0. The van der Waals surface area contributed by atoms with Gasteiger partial charge in [0.05, 0.1) is 10.5 Å². The number of rotatable bonds is 6. The van der Waals surface area contributed by atoms with Crippen molar-refractivity contribution in [3.8, 4) is 5.75 Å². The highest BCUT2D eigenvalue weighted by atomic mass is 16.6. The summed E-state index contributed by atoms with van der Waals surface area (Å²) in [6.07, 6.45) is 2.86. The zero-order valence-corrected chi connectivity index (χ0v) is 15.6. The Hall–Kier alpha value is -4.06. The summed E-state index contributed by atoms with van der Waals surface area (Å²) in [5.41, 5.74) is 2.21. The molecule has 0 unspecified atom stereocenters. The monoisotopic (exact) mass is 387 g/mol. The van der Waals surface area contributed by atoms with Crippen LogP contribution in [-0.2, 0) is 0 Å². The minimum Gasteiger partial charge on any atom is -0.423 e. The molecule has 0 atom stereocenters. The summed E-state index contributed by atoms with van der Waals surface area (Å²) >= 11 is 0.